The Morgan fingerprint density at radius 3 is 2.88 bits per heavy atom. The van der Waals surface area contributed by atoms with Crippen molar-refractivity contribution in [1.82, 2.24) is 9.88 Å². The molecule has 142 valence electrons. The van der Waals surface area contributed by atoms with Crippen LogP contribution < -0.4 is 0 Å². The van der Waals surface area contributed by atoms with Crippen molar-refractivity contribution in [1.29, 1.82) is 0 Å². The van der Waals surface area contributed by atoms with E-state index in [0.29, 0.717) is 34.5 Å². The van der Waals surface area contributed by atoms with Crippen LogP contribution >= 0.6 is 22.9 Å². The van der Waals surface area contributed by atoms with Gasteiger partial charge in [0.1, 0.15) is 16.0 Å². The highest BCUT2D eigenvalue weighted by Gasteiger charge is 2.46. The Morgan fingerprint density at radius 2 is 2.23 bits per heavy atom. The van der Waals surface area contributed by atoms with Crippen LogP contribution in [0.4, 0.5) is 9.18 Å². The maximum atomic E-state index is 13.7. The SMILES string of the molecule is CC1N(C(=O)OC(C)(C)C)CCCC1(O)c1cc2c(Cl)c(F)cnc2s1. The number of thiophene rings is 1. The molecule has 0 radical (unpaired) electrons. The second kappa shape index (κ2) is 6.62. The molecule has 0 bridgehead atoms. The Morgan fingerprint density at radius 1 is 1.54 bits per heavy atom. The molecule has 3 rings (SSSR count). The number of carbonyl (C=O) groups excluding carboxylic acids is 1. The van der Waals surface area contributed by atoms with Crippen LogP contribution in [0.1, 0.15) is 45.4 Å². The van der Waals surface area contributed by atoms with Gasteiger partial charge in [-0.05, 0) is 46.6 Å². The third kappa shape index (κ3) is 3.40. The molecular formula is C18H22ClFN2O3S. The molecule has 0 aliphatic carbocycles. The van der Waals surface area contributed by atoms with Crippen molar-refractivity contribution in [3.63, 3.8) is 0 Å². The highest BCUT2D eigenvalue weighted by molar-refractivity contribution is 7.18. The third-order valence-corrected chi connectivity index (χ3v) is 6.22. The number of fused-ring (bicyclic) bond motifs is 1. The van der Waals surface area contributed by atoms with Crippen LogP contribution in [0.2, 0.25) is 5.02 Å². The molecular weight excluding hydrogens is 379 g/mol. The first kappa shape index (κ1) is 19.3. The molecule has 26 heavy (non-hydrogen) atoms. The van der Waals surface area contributed by atoms with Crippen LogP contribution in [-0.2, 0) is 10.3 Å². The molecule has 0 aromatic carbocycles. The zero-order chi connectivity index (χ0) is 19.3. The Labute approximate surface area is 160 Å². The topological polar surface area (TPSA) is 62.7 Å². The lowest BCUT2D eigenvalue weighted by atomic mass is 9.84. The molecule has 1 aliphatic rings. The van der Waals surface area contributed by atoms with Crippen LogP contribution in [0.5, 0.6) is 0 Å². The number of nitrogens with zero attached hydrogens (tertiary/aromatic N) is 2. The fraction of sp³-hybridized carbons (Fsp3) is 0.556. The monoisotopic (exact) mass is 400 g/mol. The fourth-order valence-electron chi connectivity index (χ4n) is 3.23. The van der Waals surface area contributed by atoms with Gasteiger partial charge in [0.25, 0.3) is 0 Å². The summed E-state index contributed by atoms with van der Waals surface area (Å²) in [6, 6.07) is 1.18. The van der Waals surface area contributed by atoms with E-state index in [2.05, 4.69) is 4.98 Å². The number of hydrogen-bond donors (Lipinski definition) is 1. The van der Waals surface area contributed by atoms with Gasteiger partial charge in [0.2, 0.25) is 0 Å². The minimum Gasteiger partial charge on any atom is -0.444 e. The molecule has 2 aromatic heterocycles. The van der Waals surface area contributed by atoms with Crippen LogP contribution in [-0.4, -0.2) is 39.3 Å². The Balaban J connectivity index is 1.96. The summed E-state index contributed by atoms with van der Waals surface area (Å²) in [4.78, 5) is 19.3. The van der Waals surface area contributed by atoms with Gasteiger partial charge in [0.05, 0.1) is 17.3 Å². The summed E-state index contributed by atoms with van der Waals surface area (Å²) in [5, 5.41) is 11.9. The summed E-state index contributed by atoms with van der Waals surface area (Å²) in [6.45, 7) is 7.72. The van der Waals surface area contributed by atoms with Crippen molar-refractivity contribution in [2.24, 2.45) is 0 Å². The Kier molecular flexibility index (Phi) is 4.92. The molecule has 3 heterocycles. The van der Waals surface area contributed by atoms with Crippen LogP contribution in [0.25, 0.3) is 10.2 Å². The first-order valence-corrected chi connectivity index (χ1v) is 9.68. The summed E-state index contributed by atoms with van der Waals surface area (Å²) in [5.74, 6) is -0.595. The quantitative estimate of drug-likeness (QED) is 0.753. The normalized spacial score (nSPS) is 24.1. The maximum Gasteiger partial charge on any atom is 0.410 e. The first-order chi connectivity index (χ1) is 12.0. The lowest BCUT2D eigenvalue weighted by molar-refractivity contribution is -0.0804. The number of ether oxygens (including phenoxy) is 1. The summed E-state index contributed by atoms with van der Waals surface area (Å²) in [6.07, 6.45) is 1.74. The smallest absolute Gasteiger partial charge is 0.410 e. The van der Waals surface area contributed by atoms with Gasteiger partial charge in [0.15, 0.2) is 5.82 Å². The van der Waals surface area contributed by atoms with E-state index in [4.69, 9.17) is 16.3 Å². The van der Waals surface area contributed by atoms with Gasteiger partial charge in [-0.25, -0.2) is 14.2 Å². The number of carbonyl (C=O) groups is 1. The van der Waals surface area contributed by atoms with Gasteiger partial charge < -0.3 is 14.7 Å². The first-order valence-electron chi connectivity index (χ1n) is 8.49. The number of aromatic nitrogens is 1. The van der Waals surface area contributed by atoms with E-state index < -0.39 is 29.2 Å². The highest BCUT2D eigenvalue weighted by Crippen LogP contribution is 2.43. The van der Waals surface area contributed by atoms with Crippen LogP contribution in [0.15, 0.2) is 12.3 Å². The number of pyridine rings is 1. The number of hydrogen-bond acceptors (Lipinski definition) is 5. The van der Waals surface area contributed by atoms with Crippen molar-refractivity contribution in [3.8, 4) is 0 Å². The lowest BCUT2D eigenvalue weighted by Gasteiger charge is -2.45. The predicted molar refractivity (Wildman–Crippen MR) is 100 cm³/mol. The zero-order valence-corrected chi connectivity index (χ0v) is 16.7. The third-order valence-electron chi connectivity index (χ3n) is 4.62. The van der Waals surface area contributed by atoms with E-state index in [9.17, 15) is 14.3 Å². The van der Waals surface area contributed by atoms with E-state index in [1.807, 2.05) is 0 Å². The highest BCUT2D eigenvalue weighted by atomic mass is 35.5. The maximum absolute atomic E-state index is 13.7. The van der Waals surface area contributed by atoms with Gasteiger partial charge in [0, 0.05) is 16.8 Å². The van der Waals surface area contributed by atoms with E-state index in [0.717, 1.165) is 6.20 Å². The summed E-state index contributed by atoms with van der Waals surface area (Å²) < 4.78 is 19.1. The lowest BCUT2D eigenvalue weighted by Crippen LogP contribution is -2.56. The Bertz CT molecular complexity index is 851. The number of aliphatic hydroxyl groups is 1. The van der Waals surface area contributed by atoms with Gasteiger partial charge >= 0.3 is 6.09 Å². The predicted octanol–water partition coefficient (Wildman–Crippen LogP) is 4.70. The van der Waals surface area contributed by atoms with E-state index in [1.165, 1.54) is 11.3 Å². The largest absolute Gasteiger partial charge is 0.444 e. The summed E-state index contributed by atoms with van der Waals surface area (Å²) in [7, 11) is 0. The van der Waals surface area contributed by atoms with Gasteiger partial charge in [-0.2, -0.15) is 0 Å². The molecule has 1 saturated heterocycles. The van der Waals surface area contributed by atoms with Crippen molar-refractivity contribution in [2.45, 2.75) is 57.8 Å². The number of piperidine rings is 1. The summed E-state index contributed by atoms with van der Waals surface area (Å²) >= 11 is 7.30. The molecule has 1 N–H and O–H groups in total. The minimum absolute atomic E-state index is 0.00596. The molecule has 5 nitrogen and oxygen atoms in total. The van der Waals surface area contributed by atoms with Crippen molar-refractivity contribution >= 4 is 39.2 Å². The fourth-order valence-corrected chi connectivity index (χ4v) is 4.69. The molecule has 0 saturated carbocycles. The van der Waals surface area contributed by atoms with Crippen LogP contribution in [0, 0.1) is 5.82 Å². The zero-order valence-electron chi connectivity index (χ0n) is 15.2. The number of amides is 1. The van der Waals surface area contributed by atoms with Gasteiger partial charge in [-0.1, -0.05) is 11.6 Å². The standard InChI is InChI=1S/C18H22ClFN2O3S/c1-10-18(24,6-5-7-22(10)16(23)25-17(2,3)4)13-8-11-14(19)12(20)9-21-15(11)26-13/h8-10,24H,5-7H2,1-4H3. The molecule has 1 amide bonds. The Hall–Kier alpha value is -1.44. The molecule has 0 spiro atoms. The molecule has 8 heteroatoms. The molecule has 2 aromatic rings. The average Bonchev–Trinajstić information content (AvgIpc) is 2.97. The second-order valence-electron chi connectivity index (χ2n) is 7.63. The van der Waals surface area contributed by atoms with Crippen molar-refractivity contribution < 1.29 is 19.0 Å². The van der Waals surface area contributed by atoms with E-state index in [1.54, 1.807) is 38.7 Å². The number of rotatable bonds is 1. The summed E-state index contributed by atoms with van der Waals surface area (Å²) in [5.41, 5.74) is -1.88. The number of halogens is 2. The molecule has 2 atom stereocenters. The molecule has 2 unspecified atom stereocenters. The number of likely N-dealkylation sites (tertiary alicyclic amines) is 1. The van der Waals surface area contributed by atoms with Crippen molar-refractivity contribution in [3.05, 3.63) is 28.0 Å². The van der Waals surface area contributed by atoms with Crippen molar-refractivity contribution in [2.75, 3.05) is 6.54 Å². The van der Waals surface area contributed by atoms with Gasteiger partial charge in [-0.3, -0.25) is 0 Å². The van der Waals surface area contributed by atoms with Gasteiger partial charge in [-0.15, -0.1) is 11.3 Å². The van der Waals surface area contributed by atoms with Crippen LogP contribution in [0.3, 0.4) is 0 Å². The average molecular weight is 401 g/mol. The van der Waals surface area contributed by atoms with E-state index in [-0.39, 0.29) is 5.02 Å². The second-order valence-corrected chi connectivity index (χ2v) is 9.04. The minimum atomic E-state index is -1.26. The molecule has 1 fully saturated rings. The van der Waals surface area contributed by atoms with E-state index >= 15 is 0 Å². The molecule has 1 aliphatic heterocycles.